The summed E-state index contributed by atoms with van der Waals surface area (Å²) in [6.07, 6.45) is 0. The number of benzene rings is 4. The minimum atomic E-state index is -1.63. The number of amidine groups is 1. The summed E-state index contributed by atoms with van der Waals surface area (Å²) >= 11 is 10.5. The quantitative estimate of drug-likeness (QED) is 0.0137. The number of Topliss-reactive ketones (excluding diaryl/α,β-unsaturated/α-hetero) is 1. The number of thiocarbonyl (C=S) groups is 1. The van der Waals surface area contributed by atoms with Crippen LogP contribution in [0, 0.1) is 34.9 Å². The number of rotatable bonds is 12. The number of carbonyl (C=O) groups excluding carboxylic acids is 2. The smallest absolute Gasteiger partial charge is 0.207 e. The molecular formula is C50H67Br2F6N10O2PS3. The summed E-state index contributed by atoms with van der Waals surface area (Å²) in [7, 11) is 0. The summed E-state index contributed by atoms with van der Waals surface area (Å²) in [5.41, 5.74) is 15.2. The number of alkyl halides is 1. The minimum Gasteiger partial charge on any atom is -0.382 e. The fraction of sp³-hybridized carbons (Fsp3) is 0.380. The molecular weight excluding hydrogens is 1170 g/mol. The number of aliphatic imine (C=N–C) groups is 1. The molecule has 0 saturated carbocycles. The molecule has 1 atom stereocenters. The zero-order valence-corrected chi connectivity index (χ0v) is 47.5. The van der Waals surface area contributed by atoms with E-state index in [1.165, 1.54) is 17.4 Å². The van der Waals surface area contributed by atoms with Crippen molar-refractivity contribution in [1.29, 1.82) is 0 Å². The van der Waals surface area contributed by atoms with E-state index in [9.17, 15) is 35.9 Å². The molecule has 0 radical (unpaired) electrons. The van der Waals surface area contributed by atoms with Crippen molar-refractivity contribution in [3.8, 4) is 0 Å². The van der Waals surface area contributed by atoms with Crippen molar-refractivity contribution in [2.24, 2.45) is 10.7 Å². The molecule has 74 heavy (non-hydrogen) atoms. The number of nitrogens with zero attached hydrogens (tertiary/aromatic N) is 6. The number of ketones is 2. The van der Waals surface area contributed by atoms with Crippen molar-refractivity contribution in [2.75, 3.05) is 89.6 Å². The fourth-order valence-corrected chi connectivity index (χ4v) is 9.14. The lowest BCUT2D eigenvalue weighted by Crippen LogP contribution is -2.48. The predicted molar refractivity (Wildman–Crippen MR) is 316 cm³/mol. The van der Waals surface area contributed by atoms with Gasteiger partial charge < -0.3 is 31.9 Å². The van der Waals surface area contributed by atoms with Gasteiger partial charge in [0.05, 0.1) is 5.33 Å². The second-order valence-corrected chi connectivity index (χ2v) is 19.6. The van der Waals surface area contributed by atoms with Gasteiger partial charge in [-0.25, -0.2) is 31.3 Å². The highest BCUT2D eigenvalue weighted by Crippen LogP contribution is 2.31. The second-order valence-electron chi connectivity index (χ2n) is 16.4. The van der Waals surface area contributed by atoms with E-state index in [0.29, 0.717) is 51.8 Å². The highest BCUT2D eigenvalue weighted by Gasteiger charge is 2.23. The Morgan fingerprint density at radius 2 is 1.15 bits per heavy atom. The van der Waals surface area contributed by atoms with Gasteiger partial charge in [0.15, 0.2) is 56.1 Å². The topological polar surface area (TPSA) is 148 Å². The van der Waals surface area contributed by atoms with E-state index in [2.05, 4.69) is 96.0 Å². The Morgan fingerprint density at radius 3 is 1.54 bits per heavy atom. The molecule has 12 nitrogen and oxygen atoms in total. The maximum absolute atomic E-state index is 13.5. The maximum Gasteiger partial charge on any atom is 0.207 e. The zero-order chi connectivity index (χ0) is 51.2. The third kappa shape index (κ3) is 19.3. The molecule has 4 aromatic carbocycles. The molecule has 6 N–H and O–H groups in total. The number of aromatic nitrogens is 1. The molecule has 0 spiro atoms. The van der Waals surface area contributed by atoms with E-state index >= 15 is 0 Å². The Morgan fingerprint density at radius 1 is 0.743 bits per heavy atom. The average molecular weight is 1240 g/mol. The van der Waals surface area contributed by atoms with E-state index in [1.807, 2.05) is 43.3 Å². The summed E-state index contributed by atoms with van der Waals surface area (Å²) in [5.74, 6) is -9.20. The first-order chi connectivity index (χ1) is 33.3. The number of nitrogens with two attached hydrogens (primary N) is 2. The van der Waals surface area contributed by atoms with E-state index < -0.39 is 46.5 Å². The molecule has 3 heterocycles. The van der Waals surface area contributed by atoms with E-state index in [1.54, 1.807) is 0 Å². The number of nitrogen functional groups attached to an aromatic ring is 1. The Bertz CT molecular complexity index is 2580. The number of piperazine rings is 2. The first kappa shape index (κ1) is 67.7. The number of anilines is 6. The van der Waals surface area contributed by atoms with Crippen molar-refractivity contribution < 1.29 is 35.9 Å². The lowest BCUT2D eigenvalue weighted by molar-refractivity contribution is 0.101. The first-order valence-corrected chi connectivity index (χ1v) is 25.5. The molecule has 0 aliphatic carbocycles. The molecule has 2 saturated heterocycles. The summed E-state index contributed by atoms with van der Waals surface area (Å²) in [6.45, 7) is 19.3. The minimum absolute atomic E-state index is 0. The van der Waals surface area contributed by atoms with Gasteiger partial charge in [-0.2, -0.15) is 14.9 Å². The molecule has 24 heteroatoms. The van der Waals surface area contributed by atoms with Crippen LogP contribution in [-0.4, -0.2) is 112 Å². The van der Waals surface area contributed by atoms with Crippen LogP contribution in [-0.2, 0) is 0 Å². The molecule has 0 bridgehead atoms. The number of thioether (sulfide) groups is 1. The normalized spacial score (nSPS) is 13.7. The summed E-state index contributed by atoms with van der Waals surface area (Å²) < 4.78 is 77.7. The van der Waals surface area contributed by atoms with Crippen LogP contribution in [0.1, 0.15) is 75.1 Å². The van der Waals surface area contributed by atoms with Gasteiger partial charge in [-0.3, -0.25) is 19.4 Å². The van der Waals surface area contributed by atoms with Crippen molar-refractivity contribution in [3.05, 3.63) is 124 Å². The van der Waals surface area contributed by atoms with Gasteiger partial charge in [0.25, 0.3) is 0 Å². The van der Waals surface area contributed by atoms with E-state index in [-0.39, 0.29) is 68.9 Å². The molecule has 2 aliphatic heterocycles. The largest absolute Gasteiger partial charge is 0.382 e. The van der Waals surface area contributed by atoms with E-state index in [4.69, 9.17) is 23.7 Å². The Balaban J connectivity index is 0.000000589. The summed E-state index contributed by atoms with van der Waals surface area (Å²) in [4.78, 5) is 41.6. The zero-order valence-electron chi connectivity index (χ0n) is 40.3. The van der Waals surface area contributed by atoms with Gasteiger partial charge in [-0.1, -0.05) is 60.8 Å². The van der Waals surface area contributed by atoms with Crippen LogP contribution in [0.2, 0.25) is 0 Å². The van der Waals surface area contributed by atoms with Crippen LogP contribution >= 0.6 is 78.1 Å². The number of halogens is 8. The number of nitrogens with one attached hydrogen (secondary N) is 2. The third-order valence-corrected chi connectivity index (χ3v) is 13.5. The van der Waals surface area contributed by atoms with Gasteiger partial charge in [0.2, 0.25) is 5.78 Å². The van der Waals surface area contributed by atoms with Crippen molar-refractivity contribution in [2.45, 2.75) is 61.6 Å². The SMILES string of the molecule is Br.C.C.CC(C)N1CCN(c2ccc(Nc3nc(N)c(C(=O)c4cc(F)c(F)c(F)c4)s3)cc2)CC1.CCSC(N)=NC(=S)Nc1ccc(N2CCN(C(C)C)CC2)cc1.O=C(CBr)c1cc(F)c(F)c(F)c1.P. The molecule has 408 valence electrons. The molecule has 7 rings (SSSR count). The number of carbonyl (C=O) groups is 2. The highest BCUT2D eigenvalue weighted by molar-refractivity contribution is 9.09. The van der Waals surface area contributed by atoms with Crippen LogP contribution in [0.15, 0.2) is 77.8 Å². The highest BCUT2D eigenvalue weighted by atomic mass is 79.9. The van der Waals surface area contributed by atoms with Crippen LogP contribution in [0.3, 0.4) is 0 Å². The second kappa shape index (κ2) is 32.3. The summed E-state index contributed by atoms with van der Waals surface area (Å²) in [5, 5.41) is 7.39. The predicted octanol–water partition coefficient (Wildman–Crippen LogP) is 12.2. The van der Waals surface area contributed by atoms with Crippen molar-refractivity contribution >= 4 is 134 Å². The van der Waals surface area contributed by atoms with Gasteiger partial charge >= 0.3 is 0 Å². The van der Waals surface area contributed by atoms with Gasteiger partial charge in [-0.15, -0.1) is 17.0 Å². The number of thiazole rings is 1. The van der Waals surface area contributed by atoms with Crippen molar-refractivity contribution in [3.63, 3.8) is 0 Å². The molecule has 1 aromatic heterocycles. The van der Waals surface area contributed by atoms with Gasteiger partial charge in [-0.05, 0) is 118 Å². The Kier molecular flexibility index (Phi) is 29.5. The van der Waals surface area contributed by atoms with Crippen LogP contribution < -0.4 is 31.9 Å². The molecule has 2 aliphatic rings. The Labute approximate surface area is 467 Å². The standard InChI is InChI=1S/C23H24F3N5OS.C17H27N5S2.C8H4BrF3O.2CH4.BrH.H3P/c1-13(2)30-7-9-31(10-8-30)16-5-3-15(4-6-16)28-23-29-22(27)21(33-23)20(32)14-11-17(24)19(26)18(25)12-14;1-4-24-16(18)20-17(23)19-14-5-7-15(8-6-14)22-11-9-21(10-12-22)13(2)3;9-3-7(13)4-1-5(10)8(12)6(11)2-4;;;;/h3-6,11-13H,7-10,27H2,1-2H3,(H,28,29);5-8,13H,4,9-12H2,1-3H3,(H3,18,19,20,23);1-2H,3H2;2*1H4;1H;1H3. The lowest BCUT2D eigenvalue weighted by atomic mass is 10.1. The Hall–Kier alpha value is -4.35. The van der Waals surface area contributed by atoms with Crippen molar-refractivity contribution in [1.82, 2.24) is 14.8 Å². The first-order valence-electron chi connectivity index (χ1n) is 22.2. The monoisotopic (exact) mass is 1240 g/mol. The average Bonchev–Trinajstić information content (AvgIpc) is 3.71. The maximum atomic E-state index is 13.5. The molecule has 1 unspecified atom stereocenters. The molecule has 5 aromatic rings. The number of hydrogen-bond donors (Lipinski definition) is 4. The van der Waals surface area contributed by atoms with Crippen LogP contribution in [0.5, 0.6) is 0 Å². The fourth-order valence-electron chi connectivity index (χ4n) is 7.22. The van der Waals surface area contributed by atoms with Gasteiger partial charge in [0, 0.05) is 98.3 Å². The van der Waals surface area contributed by atoms with Crippen LogP contribution in [0.4, 0.5) is 60.0 Å². The van der Waals surface area contributed by atoms with E-state index in [0.717, 1.165) is 86.5 Å². The number of hydrogen-bond acceptors (Lipinski definition) is 12. The molecule has 2 fully saturated rings. The van der Waals surface area contributed by atoms with Gasteiger partial charge in [0.1, 0.15) is 10.7 Å². The molecule has 0 amide bonds. The lowest BCUT2D eigenvalue weighted by Gasteiger charge is -2.38. The third-order valence-electron chi connectivity index (χ3n) is 11.1. The summed E-state index contributed by atoms with van der Waals surface area (Å²) in [6, 6.07) is 20.0. The van der Waals surface area contributed by atoms with Crippen LogP contribution in [0.25, 0.3) is 0 Å².